The van der Waals surface area contributed by atoms with Crippen molar-refractivity contribution in [2.45, 2.75) is 58.4 Å². The molecule has 2 heterocycles. The average molecular weight is 396 g/mol. The summed E-state index contributed by atoms with van der Waals surface area (Å²) in [5.41, 5.74) is 3.05. The largest absolute Gasteiger partial charge is 0.325 e. The van der Waals surface area contributed by atoms with Crippen LogP contribution in [0, 0.1) is 0 Å². The van der Waals surface area contributed by atoms with Crippen LogP contribution in [0.1, 0.15) is 55.0 Å². The smallest absolute Gasteiger partial charge is 0.262 e. The summed E-state index contributed by atoms with van der Waals surface area (Å²) >= 11 is 1.62. The van der Waals surface area contributed by atoms with E-state index in [1.165, 1.54) is 27.8 Å². The third kappa shape index (κ3) is 3.61. The average Bonchev–Trinajstić information content (AvgIpc) is 3.09. The second-order valence-electron chi connectivity index (χ2n) is 7.55. The molecule has 1 amide bonds. The van der Waals surface area contributed by atoms with Crippen molar-refractivity contribution < 1.29 is 4.79 Å². The molecule has 0 spiro atoms. The van der Waals surface area contributed by atoms with Crippen molar-refractivity contribution in [1.29, 1.82) is 0 Å². The summed E-state index contributed by atoms with van der Waals surface area (Å²) in [5.74, 6) is 0.279. The van der Waals surface area contributed by atoms with Gasteiger partial charge in [0.05, 0.1) is 11.7 Å². The lowest BCUT2D eigenvalue weighted by Gasteiger charge is -2.12. The molecule has 1 N–H and O–H groups in total. The Morgan fingerprint density at radius 1 is 1.25 bits per heavy atom. The highest BCUT2D eigenvalue weighted by Gasteiger charge is 2.20. The van der Waals surface area contributed by atoms with Crippen molar-refractivity contribution >= 4 is 33.1 Å². The molecule has 0 saturated heterocycles. The van der Waals surface area contributed by atoms with Crippen molar-refractivity contribution in [1.82, 2.24) is 9.55 Å². The van der Waals surface area contributed by atoms with E-state index >= 15 is 0 Å². The Morgan fingerprint density at radius 2 is 2.00 bits per heavy atom. The Bertz CT molecular complexity index is 1070. The number of nitrogens with zero attached hydrogens (tertiary/aromatic N) is 2. The topological polar surface area (TPSA) is 64.0 Å². The fourth-order valence-electron chi connectivity index (χ4n) is 3.78. The number of aryl methyl sites for hydroxylation is 2. The van der Waals surface area contributed by atoms with Gasteiger partial charge in [0.15, 0.2) is 0 Å². The van der Waals surface area contributed by atoms with Gasteiger partial charge >= 0.3 is 0 Å². The summed E-state index contributed by atoms with van der Waals surface area (Å²) < 4.78 is 1.42. The lowest BCUT2D eigenvalue weighted by molar-refractivity contribution is -0.116. The molecule has 1 aromatic carbocycles. The molecule has 6 heteroatoms. The summed E-state index contributed by atoms with van der Waals surface area (Å²) in [7, 11) is 0. The Balaban J connectivity index is 1.52. The van der Waals surface area contributed by atoms with Gasteiger partial charge in [-0.2, -0.15) is 0 Å². The normalized spacial score (nSPS) is 14.6. The van der Waals surface area contributed by atoms with Crippen molar-refractivity contribution in [3.63, 3.8) is 0 Å². The maximum atomic E-state index is 13.0. The first-order valence-electron chi connectivity index (χ1n) is 9.96. The predicted molar refractivity (Wildman–Crippen MR) is 114 cm³/mol. The van der Waals surface area contributed by atoms with E-state index in [9.17, 15) is 9.59 Å². The lowest BCUT2D eigenvalue weighted by Crippen LogP contribution is -2.28. The van der Waals surface area contributed by atoms with Crippen molar-refractivity contribution in [3.05, 3.63) is 57.0 Å². The molecule has 0 unspecified atom stereocenters. The minimum atomic E-state index is -0.219. The number of thiophene rings is 1. The molecule has 0 aliphatic heterocycles. The number of carbonyl (C=O) groups is 1. The number of hydrogen-bond acceptors (Lipinski definition) is 4. The molecule has 0 saturated carbocycles. The highest BCUT2D eigenvalue weighted by atomic mass is 32.1. The van der Waals surface area contributed by atoms with Crippen LogP contribution in [-0.4, -0.2) is 15.5 Å². The quantitative estimate of drug-likeness (QED) is 0.692. The standard InChI is InChI=1S/C22H25N3O2S/c1-3-14(2)15-8-10-16(11-9-15)24-19(26)12-25-13-23-21-20(22(25)27)17-6-4-5-7-18(17)28-21/h8-11,13-14H,3-7,12H2,1-2H3,(H,24,26)/t14-/m1/s1. The highest BCUT2D eigenvalue weighted by molar-refractivity contribution is 7.18. The number of rotatable bonds is 5. The van der Waals surface area contributed by atoms with Crippen LogP contribution in [0.3, 0.4) is 0 Å². The number of nitrogens with one attached hydrogen (secondary N) is 1. The Hall–Kier alpha value is -2.47. The molecule has 28 heavy (non-hydrogen) atoms. The number of fused-ring (bicyclic) bond motifs is 3. The second kappa shape index (κ2) is 7.87. The maximum Gasteiger partial charge on any atom is 0.262 e. The van der Waals surface area contributed by atoms with E-state index in [0.717, 1.165) is 41.8 Å². The van der Waals surface area contributed by atoms with Crippen molar-refractivity contribution in [3.8, 4) is 0 Å². The van der Waals surface area contributed by atoms with E-state index in [1.54, 1.807) is 11.3 Å². The van der Waals surface area contributed by atoms with Crippen LogP contribution in [0.15, 0.2) is 35.4 Å². The highest BCUT2D eigenvalue weighted by Crippen LogP contribution is 2.33. The number of amides is 1. The van der Waals surface area contributed by atoms with Gasteiger partial charge in [-0.05, 0) is 61.3 Å². The lowest BCUT2D eigenvalue weighted by atomic mass is 9.97. The predicted octanol–water partition coefficient (Wildman–Crippen LogP) is 4.49. The fraction of sp³-hybridized carbons (Fsp3) is 0.409. The van der Waals surface area contributed by atoms with Gasteiger partial charge < -0.3 is 5.32 Å². The van der Waals surface area contributed by atoms with Gasteiger partial charge in [0.1, 0.15) is 11.4 Å². The third-order valence-corrected chi connectivity index (χ3v) is 6.83. The van der Waals surface area contributed by atoms with Crippen LogP contribution < -0.4 is 10.9 Å². The molecule has 0 bridgehead atoms. The zero-order chi connectivity index (χ0) is 19.7. The minimum Gasteiger partial charge on any atom is -0.325 e. The van der Waals surface area contributed by atoms with Gasteiger partial charge in [-0.15, -0.1) is 11.3 Å². The fourth-order valence-corrected chi connectivity index (χ4v) is 5.00. The zero-order valence-electron chi connectivity index (χ0n) is 16.3. The maximum absolute atomic E-state index is 13.0. The summed E-state index contributed by atoms with van der Waals surface area (Å²) in [6.07, 6.45) is 6.83. The Labute approximate surface area is 168 Å². The molecule has 2 aromatic heterocycles. The molecule has 1 atom stereocenters. The number of carbonyl (C=O) groups excluding carboxylic acids is 1. The number of anilines is 1. The van der Waals surface area contributed by atoms with Gasteiger partial charge in [0.2, 0.25) is 5.91 Å². The van der Waals surface area contributed by atoms with Gasteiger partial charge in [-0.1, -0.05) is 26.0 Å². The number of benzene rings is 1. The Morgan fingerprint density at radius 3 is 2.75 bits per heavy atom. The van der Waals surface area contributed by atoms with E-state index in [2.05, 4.69) is 24.1 Å². The van der Waals surface area contributed by atoms with E-state index in [0.29, 0.717) is 11.3 Å². The molecular weight excluding hydrogens is 370 g/mol. The second-order valence-corrected chi connectivity index (χ2v) is 8.63. The number of aromatic nitrogens is 2. The summed E-state index contributed by atoms with van der Waals surface area (Å²) in [5, 5.41) is 3.60. The van der Waals surface area contributed by atoms with E-state index < -0.39 is 0 Å². The van der Waals surface area contributed by atoms with Gasteiger partial charge in [-0.3, -0.25) is 14.2 Å². The molecule has 3 aromatic rings. The van der Waals surface area contributed by atoms with Crippen LogP contribution in [0.2, 0.25) is 0 Å². The molecular formula is C22H25N3O2S. The van der Waals surface area contributed by atoms with E-state index in [1.807, 2.05) is 24.3 Å². The van der Waals surface area contributed by atoms with Crippen LogP contribution in [0.4, 0.5) is 5.69 Å². The SMILES string of the molecule is CC[C@@H](C)c1ccc(NC(=O)Cn2cnc3sc4c(c3c2=O)CCCC4)cc1. The zero-order valence-corrected chi connectivity index (χ0v) is 17.1. The first kappa shape index (κ1) is 18.9. The van der Waals surface area contributed by atoms with Crippen LogP contribution >= 0.6 is 11.3 Å². The third-order valence-electron chi connectivity index (χ3n) is 5.63. The van der Waals surface area contributed by atoms with Crippen molar-refractivity contribution in [2.75, 3.05) is 5.32 Å². The molecule has 0 radical (unpaired) electrons. The van der Waals surface area contributed by atoms with Gasteiger partial charge in [0.25, 0.3) is 5.56 Å². The summed E-state index contributed by atoms with van der Waals surface area (Å²) in [4.78, 5) is 32.0. The van der Waals surface area contributed by atoms with Crippen LogP contribution in [0.5, 0.6) is 0 Å². The van der Waals surface area contributed by atoms with E-state index in [4.69, 9.17) is 0 Å². The molecule has 0 fully saturated rings. The first-order valence-corrected chi connectivity index (χ1v) is 10.8. The van der Waals surface area contributed by atoms with Crippen LogP contribution in [-0.2, 0) is 24.2 Å². The molecule has 4 rings (SSSR count). The molecule has 1 aliphatic carbocycles. The minimum absolute atomic E-state index is 0.0283. The van der Waals surface area contributed by atoms with Gasteiger partial charge in [-0.25, -0.2) is 4.98 Å². The number of hydrogen-bond donors (Lipinski definition) is 1. The summed E-state index contributed by atoms with van der Waals surface area (Å²) in [6, 6.07) is 7.92. The van der Waals surface area contributed by atoms with E-state index in [-0.39, 0.29) is 18.0 Å². The molecule has 146 valence electrons. The van der Waals surface area contributed by atoms with Crippen LogP contribution in [0.25, 0.3) is 10.2 Å². The van der Waals surface area contributed by atoms with Crippen molar-refractivity contribution in [2.24, 2.45) is 0 Å². The first-order chi connectivity index (χ1) is 13.6. The monoisotopic (exact) mass is 395 g/mol. The molecule has 1 aliphatic rings. The summed E-state index contributed by atoms with van der Waals surface area (Å²) in [6.45, 7) is 4.32. The molecule has 5 nitrogen and oxygen atoms in total. The Kier molecular flexibility index (Phi) is 5.31. The van der Waals surface area contributed by atoms with Gasteiger partial charge in [0, 0.05) is 10.6 Å².